The minimum atomic E-state index is 0.0104. The van der Waals surface area contributed by atoms with Crippen LogP contribution in [0.4, 0.5) is 0 Å². The van der Waals surface area contributed by atoms with Gasteiger partial charge in [0.25, 0.3) is 0 Å². The topological polar surface area (TPSA) is 20.2 Å². The Kier molecular flexibility index (Phi) is 2.61. The van der Waals surface area contributed by atoms with Gasteiger partial charge in [-0.05, 0) is 29.9 Å². The van der Waals surface area contributed by atoms with Crippen LogP contribution >= 0.6 is 11.6 Å². The maximum absolute atomic E-state index is 9.59. The van der Waals surface area contributed by atoms with E-state index in [0.29, 0.717) is 0 Å². The second kappa shape index (κ2) is 4.01. The largest absolute Gasteiger partial charge is 0.395 e. The lowest BCUT2D eigenvalue weighted by Crippen LogP contribution is -2.37. The van der Waals surface area contributed by atoms with Gasteiger partial charge in [-0.25, -0.2) is 0 Å². The van der Waals surface area contributed by atoms with Gasteiger partial charge in [-0.15, -0.1) is 0 Å². The quantitative estimate of drug-likeness (QED) is 0.852. The van der Waals surface area contributed by atoms with Crippen LogP contribution in [-0.2, 0) is 5.41 Å². The van der Waals surface area contributed by atoms with Gasteiger partial charge >= 0.3 is 0 Å². The number of hydrogen-bond acceptors (Lipinski definition) is 1. The highest BCUT2D eigenvalue weighted by atomic mass is 35.5. The number of aliphatic hydroxyl groups is 1. The molecular weight excluding hydrogens is 232 g/mol. The smallest absolute Gasteiger partial charge is 0.0527 e. The molecule has 0 bridgehead atoms. The van der Waals surface area contributed by atoms with Crippen molar-refractivity contribution in [3.05, 3.63) is 47.0 Å². The Morgan fingerprint density at radius 2 is 2.00 bits per heavy atom. The minimum absolute atomic E-state index is 0.0104. The number of rotatable bonds is 2. The third kappa shape index (κ3) is 1.65. The van der Waals surface area contributed by atoms with Crippen molar-refractivity contribution in [1.82, 2.24) is 0 Å². The van der Waals surface area contributed by atoms with Crippen LogP contribution in [0.25, 0.3) is 10.8 Å². The van der Waals surface area contributed by atoms with Crippen molar-refractivity contribution in [3.63, 3.8) is 0 Å². The zero-order chi connectivity index (χ0) is 11.9. The lowest BCUT2D eigenvalue weighted by atomic mass is 9.65. The van der Waals surface area contributed by atoms with Crippen LogP contribution in [0.3, 0.4) is 0 Å². The van der Waals surface area contributed by atoms with Gasteiger partial charge in [0.15, 0.2) is 0 Å². The molecule has 0 unspecified atom stereocenters. The van der Waals surface area contributed by atoms with Crippen LogP contribution in [0.2, 0.25) is 5.02 Å². The second-order valence-corrected chi connectivity index (χ2v) is 5.37. The van der Waals surface area contributed by atoms with E-state index in [0.717, 1.165) is 28.6 Å². The molecule has 0 saturated heterocycles. The van der Waals surface area contributed by atoms with Crippen molar-refractivity contribution >= 4 is 22.4 Å². The summed E-state index contributed by atoms with van der Waals surface area (Å²) in [5, 5.41) is 12.6. The van der Waals surface area contributed by atoms with Gasteiger partial charge in [0, 0.05) is 15.8 Å². The van der Waals surface area contributed by atoms with Crippen LogP contribution in [0.1, 0.15) is 24.8 Å². The highest BCUT2D eigenvalue weighted by Crippen LogP contribution is 2.44. The summed E-state index contributed by atoms with van der Waals surface area (Å²) in [6.07, 6.45) is 3.40. The van der Waals surface area contributed by atoms with Crippen molar-refractivity contribution in [2.24, 2.45) is 0 Å². The number of fused-ring (bicyclic) bond motifs is 1. The summed E-state index contributed by atoms with van der Waals surface area (Å²) in [7, 11) is 0. The standard InChI is InChI=1S/C15H15ClO/c16-14-4-1-3-11-9-12(5-6-13(11)14)15(10-17)7-2-8-15/h1,3-6,9,17H,2,7-8,10H2. The Morgan fingerprint density at radius 1 is 1.18 bits per heavy atom. The maximum atomic E-state index is 9.59. The number of aliphatic hydroxyl groups excluding tert-OH is 1. The molecule has 1 aliphatic rings. The fourth-order valence-electron chi connectivity index (χ4n) is 2.72. The highest BCUT2D eigenvalue weighted by Gasteiger charge is 2.37. The fourth-order valence-corrected chi connectivity index (χ4v) is 2.96. The summed E-state index contributed by atoms with van der Waals surface area (Å²) >= 11 is 6.16. The zero-order valence-electron chi connectivity index (χ0n) is 9.62. The summed E-state index contributed by atoms with van der Waals surface area (Å²) in [6.45, 7) is 0.249. The third-order valence-corrected chi connectivity index (χ3v) is 4.38. The normalized spacial score (nSPS) is 18.0. The van der Waals surface area contributed by atoms with Gasteiger partial charge in [0.1, 0.15) is 0 Å². The average Bonchev–Trinajstić information content (AvgIpc) is 2.28. The Hall–Kier alpha value is -1.05. The molecule has 88 valence electrons. The maximum Gasteiger partial charge on any atom is 0.0527 e. The van der Waals surface area contributed by atoms with E-state index in [4.69, 9.17) is 11.6 Å². The summed E-state index contributed by atoms with van der Waals surface area (Å²) in [5.41, 5.74) is 1.26. The molecule has 0 atom stereocenters. The molecule has 3 rings (SSSR count). The Balaban J connectivity index is 2.14. The Morgan fingerprint density at radius 3 is 2.65 bits per heavy atom. The van der Waals surface area contributed by atoms with Gasteiger partial charge in [-0.2, -0.15) is 0 Å². The molecular formula is C15H15ClO. The molecule has 1 aliphatic carbocycles. The van der Waals surface area contributed by atoms with Gasteiger partial charge in [-0.3, -0.25) is 0 Å². The lowest BCUT2D eigenvalue weighted by Gasteiger charge is -2.41. The van der Waals surface area contributed by atoms with E-state index >= 15 is 0 Å². The Bertz CT molecular complexity index is 552. The molecule has 1 nitrogen and oxygen atoms in total. The van der Waals surface area contributed by atoms with E-state index in [9.17, 15) is 5.11 Å². The van der Waals surface area contributed by atoms with E-state index < -0.39 is 0 Å². The molecule has 0 radical (unpaired) electrons. The first-order chi connectivity index (χ1) is 8.25. The van der Waals surface area contributed by atoms with E-state index in [1.807, 2.05) is 12.1 Å². The molecule has 0 amide bonds. The van der Waals surface area contributed by atoms with E-state index in [2.05, 4.69) is 24.3 Å². The van der Waals surface area contributed by atoms with E-state index in [1.165, 1.54) is 12.0 Å². The zero-order valence-corrected chi connectivity index (χ0v) is 10.4. The number of halogens is 1. The van der Waals surface area contributed by atoms with Crippen molar-refractivity contribution in [2.75, 3.05) is 6.61 Å². The molecule has 2 aromatic rings. The molecule has 2 heteroatoms. The second-order valence-electron chi connectivity index (χ2n) is 4.97. The number of hydrogen-bond donors (Lipinski definition) is 1. The predicted octanol–water partition coefficient (Wildman–Crippen LogP) is 3.91. The molecule has 0 aliphatic heterocycles. The summed E-state index contributed by atoms with van der Waals surface area (Å²) in [6, 6.07) is 12.3. The van der Waals surface area contributed by atoms with Crippen molar-refractivity contribution in [2.45, 2.75) is 24.7 Å². The molecule has 2 aromatic carbocycles. The molecule has 1 fully saturated rings. The third-order valence-electron chi connectivity index (χ3n) is 4.05. The monoisotopic (exact) mass is 246 g/mol. The summed E-state index contributed by atoms with van der Waals surface area (Å²) in [4.78, 5) is 0. The minimum Gasteiger partial charge on any atom is -0.395 e. The van der Waals surface area contributed by atoms with Gasteiger partial charge in [0.05, 0.1) is 6.61 Å². The van der Waals surface area contributed by atoms with Crippen molar-refractivity contribution in [3.8, 4) is 0 Å². The average molecular weight is 247 g/mol. The van der Waals surface area contributed by atoms with Gasteiger partial charge < -0.3 is 5.11 Å². The van der Waals surface area contributed by atoms with Crippen molar-refractivity contribution < 1.29 is 5.11 Å². The first-order valence-electron chi connectivity index (χ1n) is 6.05. The lowest BCUT2D eigenvalue weighted by molar-refractivity contribution is 0.120. The Labute approximate surface area is 106 Å². The van der Waals surface area contributed by atoms with Crippen molar-refractivity contribution in [1.29, 1.82) is 0 Å². The predicted molar refractivity (Wildman–Crippen MR) is 71.6 cm³/mol. The SMILES string of the molecule is OCC1(c2ccc3c(Cl)cccc3c2)CCC1. The van der Waals surface area contributed by atoms with Crippen LogP contribution in [0.15, 0.2) is 36.4 Å². The molecule has 1 N–H and O–H groups in total. The highest BCUT2D eigenvalue weighted by molar-refractivity contribution is 6.35. The van der Waals surface area contributed by atoms with Gasteiger partial charge in [0.2, 0.25) is 0 Å². The molecule has 1 saturated carbocycles. The molecule has 0 spiro atoms. The van der Waals surface area contributed by atoms with E-state index in [-0.39, 0.29) is 12.0 Å². The van der Waals surface area contributed by atoms with Crippen LogP contribution < -0.4 is 0 Å². The molecule has 17 heavy (non-hydrogen) atoms. The van der Waals surface area contributed by atoms with Crippen LogP contribution in [-0.4, -0.2) is 11.7 Å². The van der Waals surface area contributed by atoms with E-state index in [1.54, 1.807) is 0 Å². The number of benzene rings is 2. The summed E-state index contributed by atoms with van der Waals surface area (Å²) < 4.78 is 0. The first-order valence-corrected chi connectivity index (χ1v) is 6.43. The van der Waals surface area contributed by atoms with Crippen LogP contribution in [0, 0.1) is 0 Å². The molecule has 0 aromatic heterocycles. The first kappa shape index (κ1) is 11.1. The van der Waals surface area contributed by atoms with Gasteiger partial charge in [-0.1, -0.05) is 48.4 Å². The van der Waals surface area contributed by atoms with Crippen LogP contribution in [0.5, 0.6) is 0 Å². The summed E-state index contributed by atoms with van der Waals surface area (Å²) in [5.74, 6) is 0. The molecule has 0 heterocycles. The fraction of sp³-hybridized carbons (Fsp3) is 0.333.